The number of para-hydroxylation sites is 1. The molecule has 0 saturated heterocycles. The highest BCUT2D eigenvalue weighted by Crippen LogP contribution is 2.24. The van der Waals surface area contributed by atoms with Gasteiger partial charge in [0.1, 0.15) is 5.60 Å². The van der Waals surface area contributed by atoms with Crippen molar-refractivity contribution < 1.29 is 19.1 Å². The van der Waals surface area contributed by atoms with Crippen LogP contribution in [0.3, 0.4) is 0 Å². The van der Waals surface area contributed by atoms with E-state index in [9.17, 15) is 14.4 Å². The SMILES string of the molecule is Cc1cccc(C(=O)NN(C(=O)C=Cc2cn(C(=O)OC(C)(C)C)c3ccccc23)C(C)C)c1. The lowest BCUT2D eigenvalue weighted by Crippen LogP contribution is -2.49. The smallest absolute Gasteiger partial charge is 0.419 e. The number of hydrogen-bond donors (Lipinski definition) is 1. The molecule has 0 aliphatic heterocycles. The molecule has 0 atom stereocenters. The Hall–Kier alpha value is -3.87. The van der Waals surface area contributed by atoms with E-state index in [1.165, 1.54) is 15.7 Å². The van der Waals surface area contributed by atoms with Gasteiger partial charge in [-0.1, -0.05) is 35.9 Å². The number of ether oxygens (including phenoxy) is 1. The first-order valence-corrected chi connectivity index (χ1v) is 11.2. The van der Waals surface area contributed by atoms with Crippen LogP contribution in [0.5, 0.6) is 0 Å². The van der Waals surface area contributed by atoms with Crippen molar-refractivity contribution in [3.05, 3.63) is 77.5 Å². The van der Waals surface area contributed by atoms with Crippen LogP contribution in [0.2, 0.25) is 0 Å². The fourth-order valence-electron chi connectivity index (χ4n) is 3.44. The van der Waals surface area contributed by atoms with Crippen LogP contribution in [0, 0.1) is 6.92 Å². The number of aromatic nitrogens is 1. The molecule has 1 N–H and O–H groups in total. The van der Waals surface area contributed by atoms with E-state index in [1.807, 2.05) is 71.9 Å². The molecule has 3 rings (SSSR count). The average molecular weight is 462 g/mol. The number of fused-ring (bicyclic) bond motifs is 1. The van der Waals surface area contributed by atoms with E-state index in [-0.39, 0.29) is 17.9 Å². The fourth-order valence-corrected chi connectivity index (χ4v) is 3.44. The number of hydrogen-bond acceptors (Lipinski definition) is 4. The zero-order valence-corrected chi connectivity index (χ0v) is 20.5. The normalized spacial score (nSPS) is 11.7. The molecular formula is C27H31N3O4. The second-order valence-corrected chi connectivity index (χ2v) is 9.40. The number of aryl methyl sites for hydroxylation is 1. The van der Waals surface area contributed by atoms with Crippen molar-refractivity contribution in [1.29, 1.82) is 0 Å². The molecule has 3 aromatic rings. The van der Waals surface area contributed by atoms with Crippen molar-refractivity contribution in [3.63, 3.8) is 0 Å². The van der Waals surface area contributed by atoms with Gasteiger partial charge in [0.2, 0.25) is 0 Å². The maximum Gasteiger partial charge on any atom is 0.419 e. The molecule has 0 radical (unpaired) electrons. The van der Waals surface area contributed by atoms with Crippen LogP contribution in [0.15, 0.2) is 60.8 Å². The van der Waals surface area contributed by atoms with E-state index in [2.05, 4.69) is 5.43 Å². The molecule has 0 bridgehead atoms. The van der Waals surface area contributed by atoms with Gasteiger partial charge >= 0.3 is 6.09 Å². The largest absolute Gasteiger partial charge is 0.443 e. The summed E-state index contributed by atoms with van der Waals surface area (Å²) in [5.74, 6) is -0.745. The van der Waals surface area contributed by atoms with Crippen LogP contribution >= 0.6 is 0 Å². The minimum atomic E-state index is -0.637. The minimum absolute atomic E-state index is 0.269. The van der Waals surface area contributed by atoms with E-state index in [1.54, 1.807) is 30.5 Å². The van der Waals surface area contributed by atoms with Gasteiger partial charge in [0.25, 0.3) is 11.8 Å². The molecular weight excluding hydrogens is 430 g/mol. The first-order chi connectivity index (χ1) is 16.0. The zero-order chi connectivity index (χ0) is 25.0. The highest BCUT2D eigenvalue weighted by molar-refractivity contribution is 6.01. The summed E-state index contributed by atoms with van der Waals surface area (Å²) in [6.07, 6.45) is 4.18. The van der Waals surface area contributed by atoms with E-state index >= 15 is 0 Å². The van der Waals surface area contributed by atoms with Crippen LogP contribution in [-0.4, -0.2) is 39.1 Å². The van der Waals surface area contributed by atoms with Gasteiger partial charge < -0.3 is 4.74 Å². The average Bonchev–Trinajstić information content (AvgIpc) is 3.13. The summed E-state index contributed by atoms with van der Waals surface area (Å²) in [5, 5.41) is 2.09. The molecule has 0 fully saturated rings. The number of amides is 2. The van der Waals surface area contributed by atoms with E-state index in [0.717, 1.165) is 10.9 Å². The molecule has 2 aromatic carbocycles. The van der Waals surface area contributed by atoms with Crippen LogP contribution < -0.4 is 5.43 Å². The van der Waals surface area contributed by atoms with Gasteiger partial charge in [-0.3, -0.25) is 19.6 Å². The Kier molecular flexibility index (Phi) is 7.25. The molecule has 0 aliphatic rings. The van der Waals surface area contributed by atoms with Crippen molar-refractivity contribution in [3.8, 4) is 0 Å². The highest BCUT2D eigenvalue weighted by Gasteiger charge is 2.21. The van der Waals surface area contributed by atoms with Crippen molar-refractivity contribution >= 4 is 34.9 Å². The molecule has 178 valence electrons. The fraction of sp³-hybridized carbons (Fsp3) is 0.296. The number of rotatable bonds is 4. The maximum atomic E-state index is 13.0. The molecule has 34 heavy (non-hydrogen) atoms. The highest BCUT2D eigenvalue weighted by atomic mass is 16.6. The lowest BCUT2D eigenvalue weighted by molar-refractivity contribution is -0.130. The number of carbonyl (C=O) groups is 3. The van der Waals surface area contributed by atoms with Crippen molar-refractivity contribution in [2.75, 3.05) is 0 Å². The lowest BCUT2D eigenvalue weighted by Gasteiger charge is -2.26. The van der Waals surface area contributed by atoms with Crippen molar-refractivity contribution in [2.24, 2.45) is 0 Å². The number of carbonyl (C=O) groups excluding carboxylic acids is 3. The third-order valence-electron chi connectivity index (χ3n) is 4.99. The Morgan fingerprint density at radius 1 is 1.06 bits per heavy atom. The number of hydrazine groups is 1. The number of nitrogens with zero attached hydrogens (tertiary/aromatic N) is 2. The van der Waals surface area contributed by atoms with Gasteiger partial charge in [-0.2, -0.15) is 0 Å². The van der Waals surface area contributed by atoms with Gasteiger partial charge in [0.15, 0.2) is 0 Å². The van der Waals surface area contributed by atoms with Gasteiger partial charge in [-0.25, -0.2) is 9.80 Å². The Labute approximate surface area is 200 Å². The van der Waals surface area contributed by atoms with Gasteiger partial charge in [-0.05, 0) is 65.8 Å². The van der Waals surface area contributed by atoms with E-state index < -0.39 is 11.7 Å². The maximum absolute atomic E-state index is 13.0. The first-order valence-electron chi connectivity index (χ1n) is 11.2. The molecule has 7 heteroatoms. The number of nitrogens with one attached hydrogen (secondary N) is 1. The molecule has 1 aromatic heterocycles. The van der Waals surface area contributed by atoms with Gasteiger partial charge in [0.05, 0.1) is 5.52 Å². The predicted octanol–water partition coefficient (Wildman–Crippen LogP) is 5.33. The second kappa shape index (κ2) is 9.95. The van der Waals surface area contributed by atoms with Crippen molar-refractivity contribution in [2.45, 2.75) is 53.2 Å². The summed E-state index contributed by atoms with van der Waals surface area (Å²) in [7, 11) is 0. The zero-order valence-electron chi connectivity index (χ0n) is 20.5. The first kappa shape index (κ1) is 24.8. The standard InChI is InChI=1S/C27H31N3O4/c1-18(2)30(28-25(32)20-11-9-10-19(3)16-20)24(31)15-14-21-17-29(26(33)34-27(4,5)6)23-13-8-7-12-22(21)23/h7-18H,1-6H3,(H,28,32). The van der Waals surface area contributed by atoms with Gasteiger partial charge in [0, 0.05) is 34.8 Å². The number of benzene rings is 2. The molecule has 1 heterocycles. The predicted molar refractivity (Wildman–Crippen MR) is 133 cm³/mol. The minimum Gasteiger partial charge on any atom is -0.443 e. The Morgan fingerprint density at radius 2 is 1.76 bits per heavy atom. The molecule has 0 saturated carbocycles. The lowest BCUT2D eigenvalue weighted by atomic mass is 10.1. The molecule has 0 unspecified atom stereocenters. The monoisotopic (exact) mass is 461 g/mol. The van der Waals surface area contributed by atoms with Gasteiger partial charge in [-0.15, -0.1) is 0 Å². The topological polar surface area (TPSA) is 80.6 Å². The van der Waals surface area contributed by atoms with E-state index in [0.29, 0.717) is 16.6 Å². The Bertz CT molecular complexity index is 1250. The summed E-state index contributed by atoms with van der Waals surface area (Å²) in [4.78, 5) is 38.4. The summed E-state index contributed by atoms with van der Waals surface area (Å²) < 4.78 is 6.95. The van der Waals surface area contributed by atoms with Crippen LogP contribution in [0.4, 0.5) is 4.79 Å². The summed E-state index contributed by atoms with van der Waals surface area (Å²) in [6.45, 7) is 11.0. The summed E-state index contributed by atoms with van der Waals surface area (Å²) in [6, 6.07) is 14.3. The summed E-state index contributed by atoms with van der Waals surface area (Å²) >= 11 is 0. The molecule has 7 nitrogen and oxygen atoms in total. The molecule has 0 aliphatic carbocycles. The van der Waals surface area contributed by atoms with E-state index in [4.69, 9.17) is 4.74 Å². The summed E-state index contributed by atoms with van der Waals surface area (Å²) in [5.41, 5.74) is 4.85. The third kappa shape index (κ3) is 5.92. The quantitative estimate of drug-likeness (QED) is 0.421. The molecule has 0 spiro atoms. The van der Waals surface area contributed by atoms with Crippen LogP contribution in [0.25, 0.3) is 17.0 Å². The second-order valence-electron chi connectivity index (χ2n) is 9.40. The van der Waals surface area contributed by atoms with Crippen molar-refractivity contribution in [1.82, 2.24) is 15.0 Å². The third-order valence-corrected chi connectivity index (χ3v) is 4.99. The van der Waals surface area contributed by atoms with Crippen LogP contribution in [-0.2, 0) is 9.53 Å². The van der Waals surface area contributed by atoms with Crippen LogP contribution in [0.1, 0.15) is 56.1 Å². The Balaban J connectivity index is 1.85. The Morgan fingerprint density at radius 3 is 2.41 bits per heavy atom. The molecule has 2 amide bonds.